The molecule has 0 bridgehead atoms. The fraction of sp³-hybridized carbons (Fsp3) is 0.730. The second-order valence-corrected chi connectivity index (χ2v) is 15.5. The van der Waals surface area contributed by atoms with Crippen LogP contribution in [0.25, 0.3) is 0 Å². The van der Waals surface area contributed by atoms with E-state index in [-0.39, 0.29) is 42.8 Å². The van der Waals surface area contributed by atoms with Gasteiger partial charge in [-0.2, -0.15) is 0 Å². The van der Waals surface area contributed by atoms with Crippen molar-refractivity contribution in [3.05, 3.63) is 24.3 Å². The number of carbonyl (C=O) groups is 6. The number of fused-ring (bicyclic) bond motifs is 1. The first-order chi connectivity index (χ1) is 23.4. The number of ketones is 1. The first-order valence-electron chi connectivity index (χ1n) is 18.2. The van der Waals surface area contributed by atoms with Crippen LogP contribution in [-0.4, -0.2) is 86.9 Å². The molecule has 6 atom stereocenters. The summed E-state index contributed by atoms with van der Waals surface area (Å²) in [6.45, 7) is 7.85. The third kappa shape index (κ3) is 9.25. The molecule has 5 amide bonds. The van der Waals surface area contributed by atoms with E-state index in [1.165, 1.54) is 18.6 Å². The number of rotatable bonds is 13. The van der Waals surface area contributed by atoms with Gasteiger partial charge in [-0.25, -0.2) is 4.98 Å². The van der Waals surface area contributed by atoms with Crippen molar-refractivity contribution in [2.45, 2.75) is 142 Å². The molecule has 4 fully saturated rings. The topological polar surface area (TPSA) is 180 Å². The van der Waals surface area contributed by atoms with Crippen molar-refractivity contribution in [2.24, 2.45) is 23.2 Å². The zero-order valence-corrected chi connectivity index (χ0v) is 29.3. The van der Waals surface area contributed by atoms with E-state index in [9.17, 15) is 28.8 Å². The molecule has 1 aromatic heterocycles. The average Bonchev–Trinajstić information content (AvgIpc) is 3.65. The number of nitrogens with one attached hydrogen (secondary N) is 4. The number of carbonyl (C=O) groups excluding carboxylic acids is 6. The van der Waals surface area contributed by atoms with E-state index in [4.69, 9.17) is 0 Å². The van der Waals surface area contributed by atoms with Crippen LogP contribution in [0.5, 0.6) is 0 Å². The van der Waals surface area contributed by atoms with Gasteiger partial charge in [0, 0.05) is 25.0 Å². The molecule has 0 spiro atoms. The van der Waals surface area contributed by atoms with E-state index < -0.39 is 59.0 Å². The molecule has 0 aromatic carbocycles. The van der Waals surface area contributed by atoms with Gasteiger partial charge < -0.3 is 26.2 Å². The van der Waals surface area contributed by atoms with Gasteiger partial charge in [0.25, 0.3) is 11.8 Å². The Morgan fingerprint density at radius 3 is 2.24 bits per heavy atom. The highest BCUT2D eigenvalue weighted by Gasteiger charge is 2.52. The van der Waals surface area contributed by atoms with Crippen LogP contribution < -0.4 is 21.3 Å². The van der Waals surface area contributed by atoms with Crippen molar-refractivity contribution in [2.75, 3.05) is 6.54 Å². The van der Waals surface area contributed by atoms with E-state index in [1.54, 1.807) is 4.90 Å². The molecule has 4 aliphatic rings. The van der Waals surface area contributed by atoms with Gasteiger partial charge in [-0.3, -0.25) is 33.8 Å². The smallest absolute Gasteiger partial charge is 0.289 e. The second-order valence-electron chi connectivity index (χ2n) is 15.5. The van der Waals surface area contributed by atoms with Crippen LogP contribution in [0.2, 0.25) is 0 Å². The van der Waals surface area contributed by atoms with Gasteiger partial charge in [-0.1, -0.05) is 67.2 Å². The van der Waals surface area contributed by atoms with Crippen LogP contribution in [0.4, 0.5) is 0 Å². The van der Waals surface area contributed by atoms with Crippen molar-refractivity contribution >= 4 is 35.3 Å². The molecule has 1 saturated heterocycles. The minimum Gasteiger partial charge on any atom is -0.347 e. The van der Waals surface area contributed by atoms with Crippen molar-refractivity contribution < 1.29 is 28.8 Å². The minimum atomic E-state index is -0.994. The van der Waals surface area contributed by atoms with Crippen LogP contribution in [-0.2, 0) is 24.0 Å². The van der Waals surface area contributed by atoms with Gasteiger partial charge in [0.1, 0.15) is 23.8 Å². The second kappa shape index (κ2) is 16.9. The Morgan fingerprint density at radius 2 is 1.62 bits per heavy atom. The fourth-order valence-corrected chi connectivity index (χ4v) is 7.87. The van der Waals surface area contributed by atoms with Crippen LogP contribution in [0.3, 0.4) is 0 Å². The molecule has 1 aliphatic heterocycles. The predicted molar refractivity (Wildman–Crippen MR) is 187 cm³/mol. The van der Waals surface area contributed by atoms with E-state index in [0.29, 0.717) is 19.4 Å². The van der Waals surface area contributed by atoms with Gasteiger partial charge in [-0.05, 0) is 68.1 Å². The molecular formula is C37H57N7O6. The average molecular weight is 696 g/mol. The Balaban J connectivity index is 0.00000562. The molecule has 13 heteroatoms. The van der Waals surface area contributed by atoms with Gasteiger partial charge in [0.15, 0.2) is 0 Å². The van der Waals surface area contributed by atoms with Crippen LogP contribution in [0.1, 0.15) is 123 Å². The summed E-state index contributed by atoms with van der Waals surface area (Å²) < 4.78 is 0. The molecule has 2 heterocycles. The normalized spacial score (nSPS) is 23.8. The van der Waals surface area contributed by atoms with E-state index in [2.05, 4.69) is 31.2 Å². The van der Waals surface area contributed by atoms with E-state index >= 15 is 0 Å². The van der Waals surface area contributed by atoms with Gasteiger partial charge in [-0.15, -0.1) is 0 Å². The first-order valence-corrected chi connectivity index (χ1v) is 18.2. The summed E-state index contributed by atoms with van der Waals surface area (Å²) in [7, 11) is 0. The highest BCUT2D eigenvalue weighted by Crippen LogP contribution is 2.43. The lowest BCUT2D eigenvalue weighted by Gasteiger charge is -2.38. The largest absolute Gasteiger partial charge is 0.347 e. The number of hydrogen-bond acceptors (Lipinski definition) is 8. The lowest BCUT2D eigenvalue weighted by atomic mass is 9.82. The maximum Gasteiger partial charge on any atom is 0.289 e. The minimum absolute atomic E-state index is 0. The predicted octanol–water partition coefficient (Wildman–Crippen LogP) is 3.08. The van der Waals surface area contributed by atoms with E-state index in [0.717, 1.165) is 64.2 Å². The van der Waals surface area contributed by atoms with Crippen molar-refractivity contribution in [1.82, 2.24) is 36.1 Å². The molecule has 4 N–H and O–H groups in total. The van der Waals surface area contributed by atoms with E-state index in [1.807, 2.05) is 27.7 Å². The molecule has 13 nitrogen and oxygen atoms in total. The maximum atomic E-state index is 14.6. The zero-order chi connectivity index (χ0) is 35.3. The molecular weight excluding hydrogens is 638 g/mol. The highest BCUT2D eigenvalue weighted by molar-refractivity contribution is 6.38. The third-order valence-corrected chi connectivity index (χ3v) is 10.7. The van der Waals surface area contributed by atoms with Gasteiger partial charge in [0.05, 0.1) is 12.2 Å². The Labute approximate surface area is 296 Å². The zero-order valence-electron chi connectivity index (χ0n) is 29.3. The number of likely N-dealkylation sites (tertiary alicyclic amines) is 1. The molecule has 3 saturated carbocycles. The Morgan fingerprint density at radius 1 is 0.900 bits per heavy atom. The lowest BCUT2D eigenvalue weighted by molar-refractivity contribution is -0.146. The van der Waals surface area contributed by atoms with Gasteiger partial charge >= 0.3 is 0 Å². The summed E-state index contributed by atoms with van der Waals surface area (Å²) in [4.78, 5) is 91.4. The number of Topliss-reactive ketones (excluding diaryl/α,β-unsaturated/α-hetero) is 1. The highest BCUT2D eigenvalue weighted by atomic mass is 16.2. The maximum absolute atomic E-state index is 14.6. The number of hydrogen-bond donors (Lipinski definition) is 4. The summed E-state index contributed by atoms with van der Waals surface area (Å²) >= 11 is 0. The molecule has 0 radical (unpaired) electrons. The number of nitrogens with zero attached hydrogens (tertiary/aromatic N) is 3. The van der Waals surface area contributed by atoms with Crippen molar-refractivity contribution in [3.63, 3.8) is 0 Å². The quantitative estimate of drug-likeness (QED) is 0.227. The number of amides is 5. The number of aromatic nitrogens is 2. The van der Waals surface area contributed by atoms with Crippen molar-refractivity contribution in [3.8, 4) is 0 Å². The third-order valence-electron chi connectivity index (χ3n) is 10.7. The SMILES string of the molecule is C.CCCC(NC(=O)[C@@H]1[C@H]2CCC[C@H]2CN1C(=O)[C@@H](NC(=O)[C@@H](NC(=O)c1cnccn1)C1CCCCC1)C(C)(C)C)C(=O)C(=O)NC1CC1. The molecule has 1 aromatic rings. The summed E-state index contributed by atoms with van der Waals surface area (Å²) in [6.07, 6.45) is 13.9. The molecule has 1 unspecified atom stereocenters. The molecule has 5 rings (SSSR count). The summed E-state index contributed by atoms with van der Waals surface area (Å²) in [5.74, 6) is -3.20. The molecule has 3 aliphatic carbocycles. The Bertz CT molecular complexity index is 1390. The molecule has 276 valence electrons. The molecule has 50 heavy (non-hydrogen) atoms. The standard InChI is InChI=1S/C36H53N7O6.CH4/c1-5-10-25(29(44)34(48)39-23-15-16-23)40-33(47)28-24-14-9-13-22(24)20-43(28)35(49)30(36(2,3)4)42-32(46)27(21-11-7-6-8-12-21)41-31(45)26-19-37-17-18-38-26;/h17-19,21-25,27-28,30H,5-16,20H2,1-4H3,(H,39,48)(H,40,47)(H,41,45)(H,42,46);1H4/t22-,24-,25?,27-,28-,30+;/m0./s1. The van der Waals surface area contributed by atoms with Crippen LogP contribution >= 0.6 is 0 Å². The first kappa shape index (κ1) is 38.9. The van der Waals surface area contributed by atoms with Crippen LogP contribution in [0, 0.1) is 23.2 Å². The fourth-order valence-electron chi connectivity index (χ4n) is 7.87. The Hall–Kier alpha value is -3.90. The van der Waals surface area contributed by atoms with Crippen molar-refractivity contribution in [1.29, 1.82) is 0 Å². The lowest BCUT2D eigenvalue weighted by Crippen LogP contribution is -2.62. The summed E-state index contributed by atoms with van der Waals surface area (Å²) in [5.41, 5.74) is -0.638. The van der Waals surface area contributed by atoms with Gasteiger partial charge in [0.2, 0.25) is 23.5 Å². The monoisotopic (exact) mass is 695 g/mol. The Kier molecular flexibility index (Phi) is 13.1. The summed E-state index contributed by atoms with van der Waals surface area (Å²) in [5, 5.41) is 11.5. The summed E-state index contributed by atoms with van der Waals surface area (Å²) in [6, 6.07) is -3.68. The van der Waals surface area contributed by atoms with Crippen LogP contribution in [0.15, 0.2) is 18.6 Å².